The summed E-state index contributed by atoms with van der Waals surface area (Å²) in [6, 6.07) is 7.74. The second kappa shape index (κ2) is 11.2. The van der Waals surface area contributed by atoms with Gasteiger partial charge in [-0.1, -0.05) is 31.5 Å². The summed E-state index contributed by atoms with van der Waals surface area (Å²) in [7, 11) is 0. The third-order valence-electron chi connectivity index (χ3n) is 6.89. The van der Waals surface area contributed by atoms with Crippen molar-refractivity contribution in [2.24, 2.45) is 5.92 Å². The van der Waals surface area contributed by atoms with Crippen LogP contribution in [-0.2, 0) is 6.11 Å². The SMILES string of the molecule is CCC1CCC(c2cc(F)c(C(F)(F)Oc3ccccc3-c3cc(F)c(OC(F)F)c(F)c3)c(F)c2)CC1. The molecule has 204 valence electrons. The van der Waals surface area contributed by atoms with E-state index < -0.39 is 53.1 Å². The minimum Gasteiger partial charge on any atom is -0.429 e. The lowest BCUT2D eigenvalue weighted by molar-refractivity contribution is -0.189. The zero-order chi connectivity index (χ0) is 27.6. The summed E-state index contributed by atoms with van der Waals surface area (Å²) in [6.45, 7) is -1.43. The highest BCUT2D eigenvalue weighted by Gasteiger charge is 2.42. The number of alkyl halides is 4. The second-order valence-corrected chi connectivity index (χ2v) is 9.25. The Morgan fingerprint density at radius 2 is 1.42 bits per heavy atom. The Kier molecular flexibility index (Phi) is 8.18. The van der Waals surface area contributed by atoms with E-state index >= 15 is 8.78 Å². The van der Waals surface area contributed by atoms with Crippen molar-refractivity contribution >= 4 is 0 Å². The van der Waals surface area contributed by atoms with Gasteiger partial charge < -0.3 is 9.47 Å². The third kappa shape index (κ3) is 5.89. The molecule has 0 atom stereocenters. The fraction of sp³-hybridized carbons (Fsp3) is 0.357. The minimum atomic E-state index is -4.50. The molecule has 4 rings (SSSR count). The van der Waals surface area contributed by atoms with Gasteiger partial charge in [0, 0.05) is 5.56 Å². The lowest BCUT2D eigenvalue weighted by Gasteiger charge is -2.28. The summed E-state index contributed by atoms with van der Waals surface area (Å²) in [5, 5.41) is 0. The Balaban J connectivity index is 1.63. The van der Waals surface area contributed by atoms with Gasteiger partial charge in [0.1, 0.15) is 22.9 Å². The van der Waals surface area contributed by atoms with Gasteiger partial charge in [-0.2, -0.15) is 17.6 Å². The van der Waals surface area contributed by atoms with E-state index in [1.54, 1.807) is 0 Å². The third-order valence-corrected chi connectivity index (χ3v) is 6.89. The molecule has 1 aliphatic rings. The van der Waals surface area contributed by atoms with Crippen molar-refractivity contribution in [3.8, 4) is 22.6 Å². The number of halogens is 8. The number of hydrogen-bond donors (Lipinski definition) is 0. The summed E-state index contributed by atoms with van der Waals surface area (Å²) >= 11 is 0. The predicted octanol–water partition coefficient (Wildman–Crippen LogP) is 9.32. The second-order valence-electron chi connectivity index (χ2n) is 9.25. The molecule has 3 aromatic carbocycles. The van der Waals surface area contributed by atoms with E-state index in [1.165, 1.54) is 12.1 Å². The Bertz CT molecular complexity index is 1240. The van der Waals surface area contributed by atoms with Gasteiger partial charge in [-0.15, -0.1) is 0 Å². The van der Waals surface area contributed by atoms with Crippen molar-refractivity contribution < 1.29 is 44.6 Å². The molecule has 0 aliphatic heterocycles. The van der Waals surface area contributed by atoms with Crippen LogP contribution in [0.1, 0.15) is 56.1 Å². The molecule has 0 unspecified atom stereocenters. The smallest absolute Gasteiger partial charge is 0.429 e. The number of rotatable bonds is 8. The highest BCUT2D eigenvalue weighted by atomic mass is 19.3. The monoisotopic (exact) mass is 544 g/mol. The van der Waals surface area contributed by atoms with Gasteiger partial charge in [0.25, 0.3) is 0 Å². The normalized spacial score (nSPS) is 18.1. The van der Waals surface area contributed by atoms with Gasteiger partial charge in [0.2, 0.25) is 0 Å². The molecular weight excluding hydrogens is 520 g/mol. The Morgan fingerprint density at radius 1 is 0.842 bits per heavy atom. The van der Waals surface area contributed by atoms with Crippen molar-refractivity contribution in [1.29, 1.82) is 0 Å². The van der Waals surface area contributed by atoms with E-state index in [4.69, 9.17) is 4.74 Å². The molecule has 2 nitrogen and oxygen atoms in total. The molecule has 3 aromatic rings. The molecule has 38 heavy (non-hydrogen) atoms. The molecule has 0 spiro atoms. The molecule has 0 bridgehead atoms. The topological polar surface area (TPSA) is 18.5 Å². The van der Waals surface area contributed by atoms with E-state index in [2.05, 4.69) is 11.7 Å². The average molecular weight is 544 g/mol. The molecular formula is C28H24F8O2. The van der Waals surface area contributed by atoms with Gasteiger partial charge in [-0.25, -0.2) is 17.6 Å². The van der Waals surface area contributed by atoms with Crippen molar-refractivity contribution in [3.05, 3.63) is 82.9 Å². The van der Waals surface area contributed by atoms with E-state index in [0.29, 0.717) is 36.5 Å². The highest BCUT2D eigenvalue weighted by molar-refractivity contribution is 5.71. The number of ether oxygens (including phenoxy) is 2. The lowest BCUT2D eigenvalue weighted by Crippen LogP contribution is -2.26. The van der Waals surface area contributed by atoms with E-state index in [1.807, 2.05) is 0 Å². The number of para-hydroxylation sites is 1. The number of hydrogen-bond acceptors (Lipinski definition) is 2. The summed E-state index contributed by atoms with van der Waals surface area (Å²) in [5.74, 6) is -7.60. The first-order valence-corrected chi connectivity index (χ1v) is 12.1. The van der Waals surface area contributed by atoms with Crippen molar-refractivity contribution in [1.82, 2.24) is 0 Å². The van der Waals surface area contributed by atoms with E-state index in [-0.39, 0.29) is 17.0 Å². The van der Waals surface area contributed by atoms with Crippen LogP contribution in [0.3, 0.4) is 0 Å². The standard InChI is InChI=1S/C28H24F8O2/c1-2-15-7-9-16(10-8-15)17-11-20(29)25(21(30)12-17)28(35,36)38-24-6-4-3-5-19(24)18-13-22(31)26(23(32)14-18)37-27(33)34/h3-6,11-16,27H,2,7-10H2,1H3. The lowest BCUT2D eigenvalue weighted by atomic mass is 9.77. The Morgan fingerprint density at radius 3 is 1.97 bits per heavy atom. The molecule has 0 radical (unpaired) electrons. The first-order valence-electron chi connectivity index (χ1n) is 12.1. The minimum absolute atomic E-state index is 0.145. The highest BCUT2D eigenvalue weighted by Crippen LogP contribution is 2.43. The van der Waals surface area contributed by atoms with Crippen LogP contribution >= 0.6 is 0 Å². The summed E-state index contributed by atoms with van der Waals surface area (Å²) in [6.07, 6.45) is -0.321. The predicted molar refractivity (Wildman–Crippen MR) is 124 cm³/mol. The van der Waals surface area contributed by atoms with Gasteiger partial charge in [0.15, 0.2) is 17.4 Å². The molecule has 0 heterocycles. The van der Waals surface area contributed by atoms with Crippen molar-refractivity contribution in [3.63, 3.8) is 0 Å². The molecule has 1 aliphatic carbocycles. The zero-order valence-electron chi connectivity index (χ0n) is 20.2. The van der Waals surface area contributed by atoms with Crippen LogP contribution in [0.4, 0.5) is 35.1 Å². The summed E-state index contributed by atoms with van der Waals surface area (Å²) < 4.78 is 122. The van der Waals surface area contributed by atoms with Crippen LogP contribution in [-0.4, -0.2) is 6.61 Å². The van der Waals surface area contributed by atoms with E-state index in [0.717, 1.165) is 43.5 Å². The molecule has 0 aromatic heterocycles. The van der Waals surface area contributed by atoms with Crippen LogP contribution in [0, 0.1) is 29.2 Å². The van der Waals surface area contributed by atoms with Crippen LogP contribution in [0.2, 0.25) is 0 Å². The quantitative estimate of drug-likeness (QED) is 0.263. The fourth-order valence-electron chi connectivity index (χ4n) is 4.91. The molecule has 0 N–H and O–H groups in total. The molecule has 0 amide bonds. The maximum atomic E-state index is 15.1. The van der Waals surface area contributed by atoms with Crippen LogP contribution in [0.15, 0.2) is 48.5 Å². The van der Waals surface area contributed by atoms with Crippen molar-refractivity contribution in [2.75, 3.05) is 0 Å². The van der Waals surface area contributed by atoms with Crippen LogP contribution in [0.5, 0.6) is 11.5 Å². The maximum absolute atomic E-state index is 15.1. The summed E-state index contributed by atoms with van der Waals surface area (Å²) in [5.41, 5.74) is -1.94. The average Bonchev–Trinajstić information content (AvgIpc) is 2.85. The van der Waals surface area contributed by atoms with E-state index in [9.17, 15) is 26.3 Å². The number of benzene rings is 3. The van der Waals surface area contributed by atoms with Gasteiger partial charge in [-0.05, 0) is 79.0 Å². The molecule has 10 heteroatoms. The zero-order valence-corrected chi connectivity index (χ0v) is 20.2. The Hall–Kier alpha value is -3.30. The van der Waals surface area contributed by atoms with Gasteiger partial charge in [-0.3, -0.25) is 0 Å². The molecule has 1 saturated carbocycles. The van der Waals surface area contributed by atoms with Gasteiger partial charge in [0.05, 0.1) is 0 Å². The largest absolute Gasteiger partial charge is 0.432 e. The van der Waals surface area contributed by atoms with Crippen molar-refractivity contribution in [2.45, 2.75) is 57.7 Å². The Labute approximate surface area is 214 Å². The first kappa shape index (κ1) is 27.7. The fourth-order valence-corrected chi connectivity index (χ4v) is 4.91. The van der Waals surface area contributed by atoms with Crippen LogP contribution < -0.4 is 9.47 Å². The maximum Gasteiger partial charge on any atom is 0.432 e. The molecule has 1 fully saturated rings. The van der Waals surface area contributed by atoms with Crippen LogP contribution in [0.25, 0.3) is 11.1 Å². The van der Waals surface area contributed by atoms with Gasteiger partial charge >= 0.3 is 12.7 Å². The first-order chi connectivity index (χ1) is 18.0. The molecule has 0 saturated heterocycles. The summed E-state index contributed by atoms with van der Waals surface area (Å²) in [4.78, 5) is 0.